The first-order valence-corrected chi connectivity index (χ1v) is 10.7. The van der Waals surface area contributed by atoms with Gasteiger partial charge in [-0.3, -0.25) is 29.4 Å². The molecule has 0 aliphatic carbocycles. The van der Waals surface area contributed by atoms with Crippen molar-refractivity contribution in [2.45, 2.75) is 25.4 Å². The van der Waals surface area contributed by atoms with Crippen molar-refractivity contribution in [3.05, 3.63) is 63.1 Å². The number of hydrogen-bond donors (Lipinski definition) is 2. The molecule has 1 fully saturated rings. The molecule has 2 aromatic carbocycles. The molecule has 33 heavy (non-hydrogen) atoms. The third kappa shape index (κ3) is 4.29. The Morgan fingerprint density at radius 1 is 1.12 bits per heavy atom. The third-order valence-corrected chi connectivity index (χ3v) is 6.22. The minimum atomic E-state index is -1.06. The van der Waals surface area contributed by atoms with Gasteiger partial charge in [0.05, 0.1) is 21.2 Å². The Morgan fingerprint density at radius 3 is 2.58 bits per heavy atom. The summed E-state index contributed by atoms with van der Waals surface area (Å²) in [6, 6.07) is 7.89. The van der Waals surface area contributed by atoms with Crippen LogP contribution in [0.4, 0.5) is 10.5 Å². The molecule has 11 heteroatoms. The Hall–Kier alpha value is -3.43. The fraction of sp³-hybridized carbons (Fsp3) is 0.227. The fourth-order valence-corrected chi connectivity index (χ4v) is 4.13. The van der Waals surface area contributed by atoms with E-state index in [1.165, 1.54) is 24.1 Å². The average Bonchev–Trinajstić information content (AvgIpc) is 3.02. The second-order valence-electron chi connectivity index (χ2n) is 7.70. The topological polar surface area (TPSA) is 116 Å². The highest BCUT2D eigenvalue weighted by Crippen LogP contribution is 2.30. The normalized spacial score (nSPS) is 17.7. The molecular weight excluding hydrogens is 471 g/mol. The van der Waals surface area contributed by atoms with Gasteiger partial charge in [-0.15, -0.1) is 0 Å². The standard InChI is InChI=1S/C22H18Cl2N4O5/c1-27(22(33)25-12-5-6-14(23)15(24)9-12)10-11-3-2-4-13-18(11)21(32)28(20(13)31)16-7-8-17(29)26-19(16)30/h2-6,9,16H,7-8,10H2,1H3,(H,25,33)(H,26,29,30). The Morgan fingerprint density at radius 2 is 1.88 bits per heavy atom. The lowest BCUT2D eigenvalue weighted by molar-refractivity contribution is -0.136. The quantitative estimate of drug-likeness (QED) is 0.641. The lowest BCUT2D eigenvalue weighted by Gasteiger charge is -2.28. The SMILES string of the molecule is CN(Cc1cccc2c1C(=O)N(C1CCC(=O)NC1=O)C2=O)C(=O)Nc1ccc(Cl)c(Cl)c1. The molecule has 1 atom stereocenters. The van der Waals surface area contributed by atoms with E-state index in [-0.39, 0.29) is 35.5 Å². The van der Waals surface area contributed by atoms with E-state index in [4.69, 9.17) is 23.2 Å². The molecular formula is C22H18Cl2N4O5. The molecule has 0 saturated carbocycles. The van der Waals surface area contributed by atoms with Crippen LogP contribution >= 0.6 is 23.2 Å². The van der Waals surface area contributed by atoms with Crippen molar-refractivity contribution in [3.8, 4) is 0 Å². The van der Waals surface area contributed by atoms with Crippen LogP contribution in [0.1, 0.15) is 39.1 Å². The maximum atomic E-state index is 13.2. The molecule has 2 aromatic rings. The molecule has 2 heterocycles. The molecule has 0 aromatic heterocycles. The monoisotopic (exact) mass is 488 g/mol. The molecule has 2 aliphatic heterocycles. The first-order valence-electron chi connectivity index (χ1n) is 9.98. The first kappa shape index (κ1) is 22.8. The minimum Gasteiger partial charge on any atom is -0.323 e. The van der Waals surface area contributed by atoms with Gasteiger partial charge in [0.15, 0.2) is 0 Å². The summed E-state index contributed by atoms with van der Waals surface area (Å²) in [4.78, 5) is 64.6. The van der Waals surface area contributed by atoms with Crippen LogP contribution in [-0.2, 0) is 16.1 Å². The minimum absolute atomic E-state index is 0.0263. The van der Waals surface area contributed by atoms with Crippen LogP contribution in [0.15, 0.2) is 36.4 Å². The Balaban J connectivity index is 1.53. The predicted molar refractivity (Wildman–Crippen MR) is 120 cm³/mol. The van der Waals surface area contributed by atoms with Crippen molar-refractivity contribution in [1.29, 1.82) is 0 Å². The highest BCUT2D eigenvalue weighted by Gasteiger charge is 2.45. The van der Waals surface area contributed by atoms with Crippen LogP contribution in [0.2, 0.25) is 10.0 Å². The van der Waals surface area contributed by atoms with E-state index in [9.17, 15) is 24.0 Å². The van der Waals surface area contributed by atoms with Gasteiger partial charge < -0.3 is 10.2 Å². The first-order chi connectivity index (χ1) is 15.7. The Kier molecular flexibility index (Phi) is 6.09. The van der Waals surface area contributed by atoms with Crippen LogP contribution in [0.3, 0.4) is 0 Å². The number of rotatable bonds is 4. The number of amides is 6. The highest BCUT2D eigenvalue weighted by atomic mass is 35.5. The summed E-state index contributed by atoms with van der Waals surface area (Å²) in [5.74, 6) is -2.35. The number of imide groups is 2. The number of halogens is 2. The maximum absolute atomic E-state index is 13.2. The van der Waals surface area contributed by atoms with Crippen LogP contribution in [0, 0.1) is 0 Å². The van der Waals surface area contributed by atoms with Gasteiger partial charge in [0.25, 0.3) is 11.8 Å². The summed E-state index contributed by atoms with van der Waals surface area (Å²) >= 11 is 11.9. The summed E-state index contributed by atoms with van der Waals surface area (Å²) in [7, 11) is 1.53. The van der Waals surface area contributed by atoms with E-state index < -0.39 is 35.7 Å². The second-order valence-corrected chi connectivity index (χ2v) is 8.52. The Labute approximate surface area is 198 Å². The van der Waals surface area contributed by atoms with E-state index >= 15 is 0 Å². The molecule has 170 valence electrons. The number of piperidine rings is 1. The number of hydrogen-bond acceptors (Lipinski definition) is 5. The Bertz CT molecular complexity index is 1220. The van der Waals surface area contributed by atoms with E-state index in [1.54, 1.807) is 24.3 Å². The number of nitrogens with zero attached hydrogens (tertiary/aromatic N) is 2. The van der Waals surface area contributed by atoms with Crippen molar-refractivity contribution in [2.75, 3.05) is 12.4 Å². The number of nitrogens with one attached hydrogen (secondary N) is 2. The van der Waals surface area contributed by atoms with Crippen molar-refractivity contribution in [3.63, 3.8) is 0 Å². The molecule has 2 N–H and O–H groups in total. The van der Waals surface area contributed by atoms with Gasteiger partial charge in [0, 0.05) is 25.7 Å². The van der Waals surface area contributed by atoms with Gasteiger partial charge in [-0.1, -0.05) is 35.3 Å². The number of anilines is 1. The van der Waals surface area contributed by atoms with Gasteiger partial charge in [-0.2, -0.15) is 0 Å². The van der Waals surface area contributed by atoms with Crippen LogP contribution in [-0.4, -0.2) is 52.5 Å². The summed E-state index contributed by atoms with van der Waals surface area (Å²) in [5.41, 5.74) is 1.18. The van der Waals surface area contributed by atoms with Crippen LogP contribution < -0.4 is 10.6 Å². The number of fused-ring (bicyclic) bond motifs is 1. The highest BCUT2D eigenvalue weighted by molar-refractivity contribution is 6.42. The lowest BCUT2D eigenvalue weighted by Crippen LogP contribution is -2.54. The van der Waals surface area contributed by atoms with E-state index in [0.29, 0.717) is 16.3 Å². The van der Waals surface area contributed by atoms with Gasteiger partial charge >= 0.3 is 6.03 Å². The van der Waals surface area contributed by atoms with E-state index in [1.807, 2.05) is 0 Å². The summed E-state index contributed by atoms with van der Waals surface area (Å²) in [5, 5.41) is 5.49. The zero-order valence-electron chi connectivity index (χ0n) is 17.4. The summed E-state index contributed by atoms with van der Waals surface area (Å²) in [6.45, 7) is 0.0263. The maximum Gasteiger partial charge on any atom is 0.321 e. The van der Waals surface area contributed by atoms with Crippen molar-refractivity contribution < 1.29 is 24.0 Å². The number of urea groups is 1. The summed E-state index contributed by atoms with van der Waals surface area (Å²) in [6.07, 6.45) is 0.103. The zero-order chi connectivity index (χ0) is 23.9. The molecule has 0 radical (unpaired) electrons. The van der Waals surface area contributed by atoms with Gasteiger partial charge in [-0.05, 0) is 36.2 Å². The molecule has 0 spiro atoms. The van der Waals surface area contributed by atoms with Gasteiger partial charge in [0.1, 0.15) is 6.04 Å². The number of carbonyl (C=O) groups is 5. The fourth-order valence-electron chi connectivity index (χ4n) is 3.84. The van der Waals surface area contributed by atoms with Gasteiger partial charge in [0.2, 0.25) is 11.8 Å². The largest absolute Gasteiger partial charge is 0.323 e. The van der Waals surface area contributed by atoms with Crippen molar-refractivity contribution in [2.24, 2.45) is 0 Å². The molecule has 0 bridgehead atoms. The van der Waals surface area contributed by atoms with Crippen molar-refractivity contribution in [1.82, 2.24) is 15.1 Å². The molecule has 1 saturated heterocycles. The predicted octanol–water partition coefficient (Wildman–Crippen LogP) is 3.06. The average molecular weight is 489 g/mol. The third-order valence-electron chi connectivity index (χ3n) is 5.48. The van der Waals surface area contributed by atoms with E-state index in [2.05, 4.69) is 10.6 Å². The van der Waals surface area contributed by atoms with E-state index in [0.717, 1.165) is 4.90 Å². The second kappa shape index (κ2) is 8.84. The number of benzene rings is 2. The molecule has 2 aliphatic rings. The smallest absolute Gasteiger partial charge is 0.321 e. The van der Waals surface area contributed by atoms with Crippen LogP contribution in [0.25, 0.3) is 0 Å². The molecule has 1 unspecified atom stereocenters. The van der Waals surface area contributed by atoms with Gasteiger partial charge in [-0.25, -0.2) is 4.79 Å². The molecule has 6 amide bonds. The summed E-state index contributed by atoms with van der Waals surface area (Å²) < 4.78 is 0. The molecule has 9 nitrogen and oxygen atoms in total. The van der Waals surface area contributed by atoms with Crippen LogP contribution in [0.5, 0.6) is 0 Å². The number of carbonyl (C=O) groups excluding carboxylic acids is 5. The molecule has 4 rings (SSSR count). The lowest BCUT2D eigenvalue weighted by atomic mass is 10.0. The zero-order valence-corrected chi connectivity index (χ0v) is 18.9. The van der Waals surface area contributed by atoms with Crippen molar-refractivity contribution >= 4 is 58.5 Å².